The molecule has 0 fully saturated rings. The van der Waals surface area contributed by atoms with Crippen LogP contribution in [0, 0.1) is 5.41 Å². The molecule has 11 heteroatoms. The molecule has 3 rings (SSSR count). The Morgan fingerprint density at radius 3 is 2.38 bits per heavy atom. The summed E-state index contributed by atoms with van der Waals surface area (Å²) in [4.78, 5) is 19.3. The van der Waals surface area contributed by atoms with E-state index in [1.807, 2.05) is 51.1 Å². The van der Waals surface area contributed by atoms with Crippen LogP contribution in [-0.2, 0) is 22.3 Å². The van der Waals surface area contributed by atoms with Crippen molar-refractivity contribution in [3.05, 3.63) is 66.0 Å². The average Bonchev–Trinajstić information content (AvgIpc) is 3.46. The largest absolute Gasteiger partial charge is 0.455 e. The van der Waals surface area contributed by atoms with E-state index < -0.39 is 35.5 Å². The third-order valence-electron chi connectivity index (χ3n) is 5.76. The van der Waals surface area contributed by atoms with Crippen LogP contribution in [0.3, 0.4) is 0 Å². The molecular weight excluding hydrogens is 492 g/mol. The van der Waals surface area contributed by atoms with Crippen LogP contribution in [0.1, 0.15) is 44.2 Å². The number of hydrogen-bond acceptors (Lipinski definition) is 5. The van der Waals surface area contributed by atoms with Crippen LogP contribution >= 0.6 is 0 Å². The first-order valence-corrected chi connectivity index (χ1v) is 11.8. The van der Waals surface area contributed by atoms with Gasteiger partial charge in [0.25, 0.3) is 0 Å². The molecule has 1 amide bonds. The summed E-state index contributed by atoms with van der Waals surface area (Å²) in [6.45, 7) is 4.66. The molecule has 0 spiro atoms. The Bertz CT molecular complexity index is 1170. The van der Waals surface area contributed by atoms with Gasteiger partial charge in [-0.25, -0.2) is 9.37 Å². The van der Waals surface area contributed by atoms with Gasteiger partial charge < -0.3 is 24.4 Å². The Hall–Kier alpha value is -3.18. The second kappa shape index (κ2) is 11.5. The predicted octanol–water partition coefficient (Wildman–Crippen LogP) is 5.07. The van der Waals surface area contributed by atoms with Gasteiger partial charge in [-0.3, -0.25) is 4.79 Å². The Morgan fingerprint density at radius 1 is 1.16 bits per heavy atom. The highest BCUT2D eigenvalue weighted by Crippen LogP contribution is 2.39. The molecule has 0 aliphatic carbocycles. The number of imidazole rings is 1. The van der Waals surface area contributed by atoms with E-state index in [1.165, 1.54) is 18.1 Å². The molecule has 0 aliphatic heterocycles. The molecule has 2 atom stereocenters. The molecule has 0 saturated carbocycles. The number of benzene rings is 1. The van der Waals surface area contributed by atoms with E-state index in [0.717, 1.165) is 11.6 Å². The Kier molecular flexibility index (Phi) is 8.80. The number of alkyl halides is 4. The van der Waals surface area contributed by atoms with E-state index >= 15 is 0 Å². The van der Waals surface area contributed by atoms with Crippen LogP contribution in [-0.4, -0.2) is 53.3 Å². The van der Waals surface area contributed by atoms with Crippen LogP contribution in [0.5, 0.6) is 0 Å². The van der Waals surface area contributed by atoms with Gasteiger partial charge in [-0.05, 0) is 17.5 Å². The molecule has 0 aliphatic rings. The van der Waals surface area contributed by atoms with Crippen molar-refractivity contribution in [3.63, 3.8) is 0 Å². The van der Waals surface area contributed by atoms with Gasteiger partial charge in [0.15, 0.2) is 0 Å². The van der Waals surface area contributed by atoms with Gasteiger partial charge >= 0.3 is 6.18 Å². The summed E-state index contributed by atoms with van der Waals surface area (Å²) in [6, 6.07) is 10.6. The molecule has 0 bridgehead atoms. The third kappa shape index (κ3) is 6.98. The maximum atomic E-state index is 14.6. The molecule has 0 radical (unpaired) electrons. The number of nitrogens with zero attached hydrogens (tertiary/aromatic N) is 3. The summed E-state index contributed by atoms with van der Waals surface area (Å²) in [5, 5.41) is 0. The fourth-order valence-electron chi connectivity index (χ4n) is 4.15. The third-order valence-corrected chi connectivity index (χ3v) is 5.76. The number of rotatable bonds is 10. The second-order valence-electron chi connectivity index (χ2n) is 9.82. The van der Waals surface area contributed by atoms with E-state index in [-0.39, 0.29) is 32.0 Å². The zero-order chi connectivity index (χ0) is 27.4. The van der Waals surface area contributed by atoms with Gasteiger partial charge in [-0.2, -0.15) is 13.2 Å². The van der Waals surface area contributed by atoms with Gasteiger partial charge in [0.05, 0.1) is 24.8 Å². The summed E-state index contributed by atoms with van der Waals surface area (Å²) < 4.78 is 65.7. The van der Waals surface area contributed by atoms with Crippen molar-refractivity contribution in [3.8, 4) is 11.3 Å². The van der Waals surface area contributed by atoms with E-state index in [0.29, 0.717) is 11.5 Å². The molecule has 202 valence electrons. The SMILES string of the molecule is COCC(=O)N(CC(F)CN)[C@@H](c1nc(-c2ccccc2)cn1Cc1ccc(C(F)(F)F)o1)C(C)(C)C. The zero-order valence-electron chi connectivity index (χ0n) is 21.3. The molecule has 2 heterocycles. The maximum Gasteiger partial charge on any atom is 0.449 e. The van der Waals surface area contributed by atoms with Crippen molar-refractivity contribution in [1.82, 2.24) is 14.5 Å². The van der Waals surface area contributed by atoms with Crippen LogP contribution in [0.4, 0.5) is 17.6 Å². The van der Waals surface area contributed by atoms with E-state index in [1.54, 1.807) is 10.8 Å². The molecule has 7 nitrogen and oxygen atoms in total. The number of amides is 1. The van der Waals surface area contributed by atoms with Crippen molar-refractivity contribution in [2.45, 2.75) is 45.7 Å². The van der Waals surface area contributed by atoms with Crippen LogP contribution in [0.2, 0.25) is 0 Å². The minimum atomic E-state index is -4.62. The van der Waals surface area contributed by atoms with Crippen molar-refractivity contribution in [2.75, 3.05) is 26.8 Å². The summed E-state index contributed by atoms with van der Waals surface area (Å²) in [7, 11) is 1.36. The smallest absolute Gasteiger partial charge is 0.449 e. The molecule has 1 aromatic carbocycles. The van der Waals surface area contributed by atoms with Gasteiger partial charge in [-0.1, -0.05) is 51.1 Å². The molecule has 2 N–H and O–H groups in total. The molecule has 37 heavy (non-hydrogen) atoms. The minimum Gasteiger partial charge on any atom is -0.455 e. The number of ether oxygens (including phenoxy) is 1. The topological polar surface area (TPSA) is 86.5 Å². The van der Waals surface area contributed by atoms with Gasteiger partial charge in [0.1, 0.15) is 24.4 Å². The molecular formula is C26H32F4N4O3. The summed E-state index contributed by atoms with van der Waals surface area (Å²) in [5.41, 5.74) is 6.18. The standard InChI is InChI=1S/C26H32F4N4O3/c1-25(2,3)23(34(13-18(27)12-31)22(35)16-36-4)24-32-20(17-8-6-5-7-9-17)15-33(24)14-19-10-11-21(37-19)26(28,29)30/h5-11,15,18,23H,12-14,16,31H2,1-4H3/t18?,23-/m0/s1. The van der Waals surface area contributed by atoms with Crippen molar-refractivity contribution in [1.29, 1.82) is 0 Å². The lowest BCUT2D eigenvalue weighted by atomic mass is 9.84. The van der Waals surface area contributed by atoms with E-state index in [2.05, 4.69) is 0 Å². The first kappa shape index (κ1) is 28.4. The summed E-state index contributed by atoms with van der Waals surface area (Å²) in [5.74, 6) is -1.16. The fraction of sp³-hybridized carbons (Fsp3) is 0.462. The van der Waals surface area contributed by atoms with Crippen LogP contribution < -0.4 is 5.73 Å². The van der Waals surface area contributed by atoms with E-state index in [9.17, 15) is 22.4 Å². The minimum absolute atomic E-state index is 0.0540. The van der Waals surface area contributed by atoms with Gasteiger partial charge in [0.2, 0.25) is 11.7 Å². The quantitative estimate of drug-likeness (QED) is 0.375. The molecule has 3 aromatic rings. The number of nitrogens with two attached hydrogens (primary N) is 1. The monoisotopic (exact) mass is 524 g/mol. The normalized spacial score (nSPS) is 14.0. The number of carbonyl (C=O) groups is 1. The zero-order valence-corrected chi connectivity index (χ0v) is 21.3. The number of hydrogen-bond donors (Lipinski definition) is 1. The molecule has 2 aromatic heterocycles. The van der Waals surface area contributed by atoms with Crippen LogP contribution in [0.15, 0.2) is 53.1 Å². The highest BCUT2D eigenvalue weighted by molar-refractivity contribution is 5.78. The predicted molar refractivity (Wildman–Crippen MR) is 130 cm³/mol. The molecule has 1 unspecified atom stereocenters. The first-order chi connectivity index (χ1) is 17.3. The number of carbonyl (C=O) groups excluding carboxylic acids is 1. The Balaban J connectivity index is 2.16. The summed E-state index contributed by atoms with van der Waals surface area (Å²) >= 11 is 0. The van der Waals surface area contributed by atoms with Gasteiger partial charge in [-0.15, -0.1) is 0 Å². The van der Waals surface area contributed by atoms with Crippen molar-refractivity contribution in [2.24, 2.45) is 11.1 Å². The van der Waals surface area contributed by atoms with Crippen LogP contribution in [0.25, 0.3) is 11.3 Å². The number of methoxy groups -OCH3 is 1. The summed E-state index contributed by atoms with van der Waals surface area (Å²) in [6.07, 6.45) is -4.43. The maximum absolute atomic E-state index is 14.6. The number of furan rings is 1. The number of aromatic nitrogens is 2. The lowest BCUT2D eigenvalue weighted by Gasteiger charge is -2.40. The highest BCUT2D eigenvalue weighted by atomic mass is 19.4. The molecule has 0 saturated heterocycles. The Labute approximate surface area is 213 Å². The van der Waals surface area contributed by atoms with E-state index in [4.69, 9.17) is 19.9 Å². The first-order valence-electron chi connectivity index (χ1n) is 11.8. The Morgan fingerprint density at radius 2 is 1.84 bits per heavy atom. The van der Waals surface area contributed by atoms with Crippen molar-refractivity contribution >= 4 is 5.91 Å². The fourth-order valence-corrected chi connectivity index (χ4v) is 4.15. The lowest BCUT2D eigenvalue weighted by molar-refractivity contribution is -0.153. The second-order valence-corrected chi connectivity index (χ2v) is 9.82. The lowest BCUT2D eigenvalue weighted by Crippen LogP contribution is -2.47. The van der Waals surface area contributed by atoms with Gasteiger partial charge in [0, 0.05) is 25.4 Å². The van der Waals surface area contributed by atoms with Crippen molar-refractivity contribution < 1.29 is 31.5 Å². The number of halogens is 4. The highest BCUT2D eigenvalue weighted by Gasteiger charge is 2.40. The average molecular weight is 525 g/mol.